The molecule has 1 aromatic rings. The lowest BCUT2D eigenvalue weighted by Crippen LogP contribution is -2.48. The predicted octanol–water partition coefficient (Wildman–Crippen LogP) is 1.22. The minimum absolute atomic E-state index is 0.315. The van der Waals surface area contributed by atoms with Crippen molar-refractivity contribution in [1.29, 1.82) is 0 Å². The number of fused-ring (bicyclic) bond motifs is 1. The van der Waals surface area contributed by atoms with Crippen LogP contribution in [-0.4, -0.2) is 41.5 Å². The zero-order chi connectivity index (χ0) is 13.1. The van der Waals surface area contributed by atoms with E-state index < -0.39 is 0 Å². The zero-order valence-corrected chi connectivity index (χ0v) is 11.2. The van der Waals surface area contributed by atoms with E-state index in [-0.39, 0.29) is 0 Å². The normalized spacial score (nSPS) is 26.2. The van der Waals surface area contributed by atoms with Crippen LogP contribution in [0.4, 0.5) is 0 Å². The molecule has 2 fully saturated rings. The Labute approximate surface area is 114 Å². The van der Waals surface area contributed by atoms with Gasteiger partial charge in [-0.1, -0.05) is 0 Å². The van der Waals surface area contributed by atoms with Crippen molar-refractivity contribution in [3.05, 3.63) is 30.1 Å². The van der Waals surface area contributed by atoms with Gasteiger partial charge >= 0.3 is 0 Å². The second-order valence-electron chi connectivity index (χ2n) is 5.57. The van der Waals surface area contributed by atoms with Crippen LogP contribution in [0.2, 0.25) is 0 Å². The van der Waals surface area contributed by atoms with Gasteiger partial charge in [-0.3, -0.25) is 9.78 Å². The molecular formula is C15H21N3O. The van der Waals surface area contributed by atoms with Gasteiger partial charge in [0.05, 0.1) is 0 Å². The number of carbonyl (C=O) groups excluding carboxylic acids is 1. The first-order valence-electron chi connectivity index (χ1n) is 7.23. The van der Waals surface area contributed by atoms with Crippen molar-refractivity contribution in [1.82, 2.24) is 15.2 Å². The first-order chi connectivity index (χ1) is 9.34. The second kappa shape index (κ2) is 5.70. The number of nitrogens with zero attached hydrogens (tertiary/aromatic N) is 2. The molecule has 1 N–H and O–H groups in total. The summed E-state index contributed by atoms with van der Waals surface area (Å²) in [5, 5.41) is 3.42. The fraction of sp³-hybridized carbons (Fsp3) is 0.600. The van der Waals surface area contributed by atoms with Crippen molar-refractivity contribution in [3.63, 3.8) is 0 Å². The van der Waals surface area contributed by atoms with E-state index in [4.69, 9.17) is 0 Å². The molecule has 1 amide bonds. The number of likely N-dealkylation sites (tertiary alicyclic amines) is 1. The molecule has 0 aliphatic carbocycles. The van der Waals surface area contributed by atoms with Gasteiger partial charge < -0.3 is 10.2 Å². The van der Waals surface area contributed by atoms with Gasteiger partial charge in [0.1, 0.15) is 0 Å². The van der Waals surface area contributed by atoms with E-state index in [1.807, 2.05) is 12.1 Å². The summed E-state index contributed by atoms with van der Waals surface area (Å²) in [6.07, 6.45) is 7.45. The molecule has 0 saturated carbocycles. The van der Waals surface area contributed by atoms with Crippen molar-refractivity contribution in [2.24, 2.45) is 5.92 Å². The monoisotopic (exact) mass is 259 g/mol. The summed E-state index contributed by atoms with van der Waals surface area (Å²) < 4.78 is 0. The topological polar surface area (TPSA) is 45.2 Å². The standard InChI is InChI=1S/C15H21N3O/c19-15(4-3-12-5-7-16-8-6-12)18-9-1-2-13-10-17-11-14(13)18/h5-8,13-14,17H,1-4,9-11H2. The SMILES string of the molecule is O=C(CCc1ccncc1)N1CCCC2CNCC21. The summed E-state index contributed by atoms with van der Waals surface area (Å²) in [5.74, 6) is 0.994. The van der Waals surface area contributed by atoms with Crippen molar-refractivity contribution in [2.45, 2.75) is 31.7 Å². The fourth-order valence-corrected chi connectivity index (χ4v) is 3.32. The van der Waals surface area contributed by atoms with Crippen LogP contribution < -0.4 is 5.32 Å². The molecule has 0 bridgehead atoms. The molecule has 4 nitrogen and oxygen atoms in total. The van der Waals surface area contributed by atoms with Gasteiger partial charge in [0.15, 0.2) is 0 Å². The number of aromatic nitrogens is 1. The highest BCUT2D eigenvalue weighted by atomic mass is 16.2. The molecule has 102 valence electrons. The molecular weight excluding hydrogens is 238 g/mol. The van der Waals surface area contributed by atoms with Crippen molar-refractivity contribution >= 4 is 5.91 Å². The zero-order valence-electron chi connectivity index (χ0n) is 11.2. The van der Waals surface area contributed by atoms with Gasteiger partial charge in [-0.2, -0.15) is 0 Å². The Morgan fingerprint density at radius 2 is 2.21 bits per heavy atom. The first-order valence-corrected chi connectivity index (χ1v) is 7.23. The number of pyridine rings is 1. The van der Waals surface area contributed by atoms with Gasteiger partial charge in [0, 0.05) is 44.5 Å². The summed E-state index contributed by atoms with van der Waals surface area (Å²) >= 11 is 0. The largest absolute Gasteiger partial charge is 0.338 e. The maximum atomic E-state index is 12.4. The third-order valence-electron chi connectivity index (χ3n) is 4.38. The molecule has 3 heterocycles. The number of hydrogen-bond donors (Lipinski definition) is 1. The number of nitrogens with one attached hydrogen (secondary N) is 1. The second-order valence-corrected chi connectivity index (χ2v) is 5.57. The van der Waals surface area contributed by atoms with Gasteiger partial charge in [-0.05, 0) is 42.9 Å². The minimum Gasteiger partial charge on any atom is -0.338 e. The lowest BCUT2D eigenvalue weighted by atomic mass is 9.91. The summed E-state index contributed by atoms with van der Waals surface area (Å²) in [5.41, 5.74) is 1.20. The molecule has 3 rings (SSSR count). The Bertz CT molecular complexity index is 434. The van der Waals surface area contributed by atoms with Crippen molar-refractivity contribution in [2.75, 3.05) is 19.6 Å². The quantitative estimate of drug-likeness (QED) is 0.888. The highest BCUT2D eigenvalue weighted by Gasteiger charge is 2.36. The van der Waals surface area contributed by atoms with Crippen LogP contribution in [0.3, 0.4) is 0 Å². The minimum atomic E-state index is 0.315. The van der Waals surface area contributed by atoms with E-state index in [1.54, 1.807) is 12.4 Å². The molecule has 0 radical (unpaired) electrons. The lowest BCUT2D eigenvalue weighted by molar-refractivity contribution is -0.135. The van der Waals surface area contributed by atoms with Crippen LogP contribution in [0.25, 0.3) is 0 Å². The molecule has 2 unspecified atom stereocenters. The Morgan fingerprint density at radius 1 is 1.37 bits per heavy atom. The Hall–Kier alpha value is -1.42. The maximum Gasteiger partial charge on any atom is 0.223 e. The molecule has 2 saturated heterocycles. The van der Waals surface area contributed by atoms with Crippen LogP contribution >= 0.6 is 0 Å². The third-order valence-corrected chi connectivity index (χ3v) is 4.38. The van der Waals surface area contributed by atoms with E-state index in [0.717, 1.165) is 32.5 Å². The van der Waals surface area contributed by atoms with Gasteiger partial charge in [0.2, 0.25) is 5.91 Å². The van der Waals surface area contributed by atoms with E-state index >= 15 is 0 Å². The molecule has 19 heavy (non-hydrogen) atoms. The summed E-state index contributed by atoms with van der Waals surface area (Å²) in [7, 11) is 0. The molecule has 2 aliphatic rings. The fourth-order valence-electron chi connectivity index (χ4n) is 3.32. The van der Waals surface area contributed by atoms with Crippen LogP contribution in [0.5, 0.6) is 0 Å². The Kier molecular flexibility index (Phi) is 3.78. The highest BCUT2D eigenvalue weighted by Crippen LogP contribution is 2.27. The Balaban J connectivity index is 1.57. The van der Waals surface area contributed by atoms with Crippen LogP contribution in [0.15, 0.2) is 24.5 Å². The maximum absolute atomic E-state index is 12.4. The number of piperidine rings is 1. The molecule has 4 heteroatoms. The molecule has 1 aromatic heterocycles. The number of hydrogen-bond acceptors (Lipinski definition) is 3. The third kappa shape index (κ3) is 2.78. The van der Waals surface area contributed by atoms with E-state index in [1.165, 1.54) is 12.0 Å². The molecule has 0 spiro atoms. The van der Waals surface area contributed by atoms with Gasteiger partial charge in [-0.15, -0.1) is 0 Å². The highest BCUT2D eigenvalue weighted by molar-refractivity contribution is 5.77. The van der Waals surface area contributed by atoms with Crippen LogP contribution in [0, 0.1) is 5.92 Å². The van der Waals surface area contributed by atoms with Crippen molar-refractivity contribution < 1.29 is 4.79 Å². The van der Waals surface area contributed by atoms with E-state index in [0.29, 0.717) is 24.3 Å². The van der Waals surface area contributed by atoms with Gasteiger partial charge in [-0.25, -0.2) is 0 Å². The van der Waals surface area contributed by atoms with Crippen LogP contribution in [-0.2, 0) is 11.2 Å². The van der Waals surface area contributed by atoms with Crippen LogP contribution in [0.1, 0.15) is 24.8 Å². The van der Waals surface area contributed by atoms with E-state index in [2.05, 4.69) is 15.2 Å². The summed E-state index contributed by atoms with van der Waals surface area (Å²) in [6.45, 7) is 3.00. The molecule has 2 atom stereocenters. The number of carbonyl (C=O) groups is 1. The number of aryl methyl sites for hydroxylation is 1. The lowest BCUT2D eigenvalue weighted by Gasteiger charge is -2.37. The van der Waals surface area contributed by atoms with Gasteiger partial charge in [0.25, 0.3) is 0 Å². The summed E-state index contributed by atoms with van der Waals surface area (Å²) in [4.78, 5) is 18.5. The Morgan fingerprint density at radius 3 is 3.05 bits per heavy atom. The molecule has 2 aliphatic heterocycles. The number of amides is 1. The van der Waals surface area contributed by atoms with E-state index in [9.17, 15) is 4.79 Å². The first kappa shape index (κ1) is 12.6. The van der Waals surface area contributed by atoms with Crippen molar-refractivity contribution in [3.8, 4) is 0 Å². The average molecular weight is 259 g/mol. The average Bonchev–Trinajstić information content (AvgIpc) is 2.94. The predicted molar refractivity (Wildman–Crippen MR) is 73.7 cm³/mol. The number of rotatable bonds is 3. The smallest absolute Gasteiger partial charge is 0.223 e. The summed E-state index contributed by atoms with van der Waals surface area (Å²) in [6, 6.07) is 4.42. The molecule has 0 aromatic carbocycles.